The first kappa shape index (κ1) is 12.2. The van der Waals surface area contributed by atoms with Crippen molar-refractivity contribution in [2.45, 2.75) is 13.0 Å². The molecule has 0 bridgehead atoms. The van der Waals surface area contributed by atoms with Gasteiger partial charge in [-0.3, -0.25) is 4.79 Å². The topological polar surface area (TPSA) is 67.2 Å². The molecule has 0 radical (unpaired) electrons. The summed E-state index contributed by atoms with van der Waals surface area (Å²) < 4.78 is 5.22. The molecule has 2 rings (SSSR count). The Kier molecular flexibility index (Phi) is 3.62. The standard InChI is InChI=1S/C13H15N3O2/c1-9(12-4-3-7-18-12)16-13(17)11-6-5-10(14-2)8-15-11/h3-9,14H,1-2H3,(H,16,17). The van der Waals surface area contributed by atoms with Gasteiger partial charge in [-0.05, 0) is 31.2 Å². The van der Waals surface area contributed by atoms with E-state index in [4.69, 9.17) is 4.42 Å². The summed E-state index contributed by atoms with van der Waals surface area (Å²) in [5.41, 5.74) is 1.25. The number of carbonyl (C=O) groups excluding carboxylic acids is 1. The van der Waals surface area contributed by atoms with E-state index in [9.17, 15) is 4.79 Å². The summed E-state index contributed by atoms with van der Waals surface area (Å²) in [6.45, 7) is 1.86. The maximum absolute atomic E-state index is 11.9. The number of nitrogens with zero attached hydrogens (tertiary/aromatic N) is 1. The van der Waals surface area contributed by atoms with Gasteiger partial charge >= 0.3 is 0 Å². The number of hydrogen-bond donors (Lipinski definition) is 2. The first-order valence-corrected chi connectivity index (χ1v) is 5.69. The second-order valence-electron chi connectivity index (χ2n) is 3.89. The van der Waals surface area contributed by atoms with Crippen LogP contribution < -0.4 is 10.6 Å². The average Bonchev–Trinajstić information content (AvgIpc) is 2.92. The van der Waals surface area contributed by atoms with Crippen LogP contribution in [0, 0.1) is 0 Å². The fourth-order valence-electron chi connectivity index (χ4n) is 1.56. The molecule has 5 heteroatoms. The summed E-state index contributed by atoms with van der Waals surface area (Å²) in [6, 6.07) is 6.91. The Hall–Kier alpha value is -2.30. The third-order valence-corrected chi connectivity index (χ3v) is 2.60. The quantitative estimate of drug-likeness (QED) is 0.866. The van der Waals surface area contributed by atoms with E-state index < -0.39 is 0 Å². The highest BCUT2D eigenvalue weighted by atomic mass is 16.3. The van der Waals surface area contributed by atoms with Crippen LogP contribution >= 0.6 is 0 Å². The Morgan fingerprint density at radius 1 is 1.39 bits per heavy atom. The number of anilines is 1. The molecule has 0 fully saturated rings. The van der Waals surface area contributed by atoms with E-state index in [0.29, 0.717) is 5.69 Å². The predicted molar refractivity (Wildman–Crippen MR) is 68.4 cm³/mol. The minimum absolute atomic E-state index is 0.182. The van der Waals surface area contributed by atoms with Crippen LogP contribution in [0.2, 0.25) is 0 Å². The Balaban J connectivity index is 2.03. The summed E-state index contributed by atoms with van der Waals surface area (Å²) in [6.07, 6.45) is 3.20. The number of aromatic nitrogens is 1. The fraction of sp³-hybridized carbons (Fsp3) is 0.231. The molecule has 2 aromatic heterocycles. The second kappa shape index (κ2) is 5.35. The molecule has 0 aliphatic carbocycles. The molecule has 1 unspecified atom stereocenters. The van der Waals surface area contributed by atoms with Gasteiger partial charge in [0.15, 0.2) is 0 Å². The summed E-state index contributed by atoms with van der Waals surface area (Å²) in [5, 5.41) is 5.77. The maximum Gasteiger partial charge on any atom is 0.270 e. The van der Waals surface area contributed by atoms with Gasteiger partial charge in [-0.2, -0.15) is 0 Å². The van der Waals surface area contributed by atoms with Gasteiger partial charge in [-0.25, -0.2) is 4.98 Å². The van der Waals surface area contributed by atoms with Gasteiger partial charge in [0, 0.05) is 7.05 Å². The zero-order valence-electron chi connectivity index (χ0n) is 10.3. The first-order valence-electron chi connectivity index (χ1n) is 5.69. The molecule has 2 heterocycles. The monoisotopic (exact) mass is 245 g/mol. The van der Waals surface area contributed by atoms with E-state index in [1.54, 1.807) is 37.7 Å². The number of furan rings is 1. The van der Waals surface area contributed by atoms with Crippen LogP contribution in [-0.4, -0.2) is 17.9 Å². The van der Waals surface area contributed by atoms with Crippen molar-refractivity contribution in [2.24, 2.45) is 0 Å². The molecular weight excluding hydrogens is 230 g/mol. The molecule has 94 valence electrons. The van der Waals surface area contributed by atoms with Crippen LogP contribution in [0.4, 0.5) is 5.69 Å². The molecule has 2 aromatic rings. The third-order valence-electron chi connectivity index (χ3n) is 2.60. The van der Waals surface area contributed by atoms with Gasteiger partial charge in [0.2, 0.25) is 0 Å². The van der Waals surface area contributed by atoms with Crippen molar-refractivity contribution in [3.05, 3.63) is 48.2 Å². The van der Waals surface area contributed by atoms with E-state index in [0.717, 1.165) is 11.4 Å². The number of nitrogens with one attached hydrogen (secondary N) is 2. The van der Waals surface area contributed by atoms with Gasteiger partial charge in [0.1, 0.15) is 11.5 Å². The largest absolute Gasteiger partial charge is 0.467 e. The van der Waals surface area contributed by atoms with Gasteiger partial charge in [-0.15, -0.1) is 0 Å². The first-order chi connectivity index (χ1) is 8.70. The van der Waals surface area contributed by atoms with Gasteiger partial charge in [0.05, 0.1) is 24.2 Å². The Bertz CT molecular complexity index is 506. The van der Waals surface area contributed by atoms with Gasteiger partial charge < -0.3 is 15.1 Å². The van der Waals surface area contributed by atoms with Crippen molar-refractivity contribution in [1.82, 2.24) is 10.3 Å². The van der Waals surface area contributed by atoms with Gasteiger partial charge in [0.25, 0.3) is 5.91 Å². The number of carbonyl (C=O) groups is 1. The van der Waals surface area contributed by atoms with E-state index in [1.165, 1.54) is 0 Å². The Labute approximate surface area is 105 Å². The summed E-state index contributed by atoms with van der Waals surface area (Å²) in [4.78, 5) is 16.0. The molecular formula is C13H15N3O2. The molecule has 0 saturated carbocycles. The highest BCUT2D eigenvalue weighted by Crippen LogP contribution is 2.13. The SMILES string of the molecule is CNc1ccc(C(=O)NC(C)c2ccco2)nc1. The zero-order chi connectivity index (χ0) is 13.0. The lowest BCUT2D eigenvalue weighted by Gasteiger charge is -2.11. The summed E-state index contributed by atoms with van der Waals surface area (Å²) in [5.74, 6) is 0.497. The lowest BCUT2D eigenvalue weighted by atomic mass is 10.2. The molecule has 0 spiro atoms. The lowest BCUT2D eigenvalue weighted by molar-refractivity contribution is 0.0930. The van der Waals surface area contributed by atoms with E-state index >= 15 is 0 Å². The number of rotatable bonds is 4. The predicted octanol–water partition coefficient (Wildman–Crippen LogP) is 2.21. The molecule has 0 aromatic carbocycles. The zero-order valence-corrected chi connectivity index (χ0v) is 10.3. The molecule has 0 saturated heterocycles. The van der Waals surface area contributed by atoms with Crippen molar-refractivity contribution < 1.29 is 9.21 Å². The van der Waals surface area contributed by atoms with E-state index in [1.807, 2.05) is 13.0 Å². The third kappa shape index (κ3) is 2.68. The highest BCUT2D eigenvalue weighted by molar-refractivity contribution is 5.92. The van der Waals surface area contributed by atoms with Crippen LogP contribution in [0.15, 0.2) is 41.1 Å². The minimum atomic E-state index is -0.221. The van der Waals surface area contributed by atoms with Crippen LogP contribution in [-0.2, 0) is 0 Å². The molecule has 18 heavy (non-hydrogen) atoms. The fourth-order valence-corrected chi connectivity index (χ4v) is 1.56. The molecule has 0 aliphatic heterocycles. The lowest BCUT2D eigenvalue weighted by Crippen LogP contribution is -2.27. The molecule has 2 N–H and O–H groups in total. The van der Waals surface area contributed by atoms with E-state index in [-0.39, 0.29) is 11.9 Å². The maximum atomic E-state index is 11.9. The molecule has 5 nitrogen and oxygen atoms in total. The molecule has 0 aliphatic rings. The minimum Gasteiger partial charge on any atom is -0.467 e. The van der Waals surface area contributed by atoms with Crippen molar-refractivity contribution in [1.29, 1.82) is 0 Å². The Morgan fingerprint density at radius 2 is 2.22 bits per heavy atom. The summed E-state index contributed by atoms with van der Waals surface area (Å²) >= 11 is 0. The molecule has 1 amide bonds. The Morgan fingerprint density at radius 3 is 2.78 bits per heavy atom. The smallest absolute Gasteiger partial charge is 0.270 e. The van der Waals surface area contributed by atoms with Crippen LogP contribution in [0.5, 0.6) is 0 Å². The number of pyridine rings is 1. The van der Waals surface area contributed by atoms with Gasteiger partial charge in [-0.1, -0.05) is 0 Å². The second-order valence-corrected chi connectivity index (χ2v) is 3.89. The van der Waals surface area contributed by atoms with Crippen LogP contribution in [0.1, 0.15) is 29.2 Å². The van der Waals surface area contributed by atoms with Crippen molar-refractivity contribution in [3.63, 3.8) is 0 Å². The normalized spacial score (nSPS) is 11.9. The molecule has 1 atom stereocenters. The van der Waals surface area contributed by atoms with Crippen molar-refractivity contribution in [2.75, 3.05) is 12.4 Å². The highest BCUT2D eigenvalue weighted by Gasteiger charge is 2.13. The number of amides is 1. The van der Waals surface area contributed by atoms with Crippen LogP contribution in [0.25, 0.3) is 0 Å². The van der Waals surface area contributed by atoms with Crippen molar-refractivity contribution >= 4 is 11.6 Å². The van der Waals surface area contributed by atoms with Crippen molar-refractivity contribution in [3.8, 4) is 0 Å². The summed E-state index contributed by atoms with van der Waals surface area (Å²) in [7, 11) is 1.80. The van der Waals surface area contributed by atoms with E-state index in [2.05, 4.69) is 15.6 Å². The number of hydrogen-bond acceptors (Lipinski definition) is 4. The van der Waals surface area contributed by atoms with Crippen LogP contribution in [0.3, 0.4) is 0 Å². The average molecular weight is 245 g/mol.